The number of carbonyl (C=O) groups is 1. The van der Waals surface area contributed by atoms with Crippen LogP contribution in [0.2, 0.25) is 0 Å². The number of amides is 1. The minimum absolute atomic E-state index is 0.0717. The van der Waals surface area contributed by atoms with Crippen molar-refractivity contribution < 1.29 is 13.9 Å². The zero-order valence-corrected chi connectivity index (χ0v) is 19.9. The van der Waals surface area contributed by atoms with Gasteiger partial charge in [0.15, 0.2) is 16.4 Å². The maximum atomic E-state index is 14.9. The molecule has 4 aromatic heterocycles. The van der Waals surface area contributed by atoms with Crippen molar-refractivity contribution in [3.63, 3.8) is 0 Å². The molecule has 1 N–H and O–H groups in total. The predicted octanol–water partition coefficient (Wildman–Crippen LogP) is 3.19. The van der Waals surface area contributed by atoms with Crippen molar-refractivity contribution in [1.29, 1.82) is 0 Å². The first kappa shape index (κ1) is 21.2. The van der Waals surface area contributed by atoms with Crippen molar-refractivity contribution >= 4 is 44.7 Å². The highest BCUT2D eigenvalue weighted by Crippen LogP contribution is 2.40. The van der Waals surface area contributed by atoms with Crippen LogP contribution in [0.3, 0.4) is 0 Å². The Morgan fingerprint density at radius 2 is 2.03 bits per heavy atom. The minimum Gasteiger partial charge on any atom is -0.491 e. The van der Waals surface area contributed by atoms with Gasteiger partial charge in [-0.2, -0.15) is 4.39 Å². The number of ether oxygens (including phenoxy) is 1. The predicted molar refractivity (Wildman–Crippen MR) is 129 cm³/mol. The number of aromatic nitrogens is 4. The third-order valence-electron chi connectivity index (χ3n) is 6.62. The van der Waals surface area contributed by atoms with E-state index in [1.165, 1.54) is 29.3 Å². The van der Waals surface area contributed by atoms with Crippen molar-refractivity contribution in [2.75, 3.05) is 50.6 Å². The average Bonchev–Trinajstić information content (AvgIpc) is 3.49. The molecule has 2 fully saturated rings. The van der Waals surface area contributed by atoms with Gasteiger partial charge in [0, 0.05) is 44.0 Å². The number of halogens is 1. The molecule has 2 aliphatic heterocycles. The van der Waals surface area contributed by atoms with Crippen LogP contribution in [0.4, 0.5) is 15.9 Å². The highest BCUT2D eigenvalue weighted by molar-refractivity contribution is 7.20. The number of methoxy groups -OCH3 is 1. The van der Waals surface area contributed by atoms with Crippen molar-refractivity contribution in [2.45, 2.75) is 13.3 Å². The van der Waals surface area contributed by atoms with Gasteiger partial charge in [0.1, 0.15) is 21.9 Å². The molecule has 0 unspecified atom stereocenters. The summed E-state index contributed by atoms with van der Waals surface area (Å²) in [6.07, 6.45) is 4.44. The first-order chi connectivity index (χ1) is 16.3. The van der Waals surface area contributed by atoms with Gasteiger partial charge in [-0.05, 0) is 32.5 Å². The number of aryl methyl sites for hydroxylation is 1. The molecule has 0 atom stereocenters. The van der Waals surface area contributed by atoms with E-state index < -0.39 is 11.7 Å². The summed E-state index contributed by atoms with van der Waals surface area (Å²) in [5, 5.41) is 2.99. The van der Waals surface area contributed by atoms with Crippen molar-refractivity contribution in [2.24, 2.45) is 5.41 Å². The zero-order chi connectivity index (χ0) is 23.6. The summed E-state index contributed by atoms with van der Waals surface area (Å²) in [6.45, 7) is 6.02. The van der Waals surface area contributed by atoms with Crippen LogP contribution in [0, 0.1) is 18.2 Å². The molecule has 176 valence electrons. The SMILES string of the molecule is COc1c(NC(=O)c2nc3ccc(N4CCC5(CN(C)C5)C4)nc3s2)cn2cc(C)nc2c1F. The van der Waals surface area contributed by atoms with E-state index in [0.717, 1.165) is 32.0 Å². The Kier molecular flexibility index (Phi) is 4.75. The van der Waals surface area contributed by atoms with Crippen LogP contribution in [-0.4, -0.2) is 70.5 Å². The lowest BCUT2D eigenvalue weighted by molar-refractivity contribution is 0.0424. The normalized spacial score (nSPS) is 17.6. The standard InChI is InChI=1S/C23H24FN7O2S/c1-13-8-31-9-15(18(33-3)17(24)19(31)25-13)26-20(32)22-27-14-4-5-16(28-21(14)34-22)30-7-6-23(12-30)10-29(2)11-23/h4-5,8-9H,6-7,10-12H2,1-3H3,(H,26,32). The average molecular weight is 482 g/mol. The summed E-state index contributed by atoms with van der Waals surface area (Å²) in [5.41, 5.74) is 2.05. The van der Waals surface area contributed by atoms with Gasteiger partial charge in [-0.1, -0.05) is 11.3 Å². The first-order valence-corrected chi connectivity index (χ1v) is 11.9. The van der Waals surface area contributed by atoms with E-state index in [9.17, 15) is 9.18 Å². The molecule has 0 bridgehead atoms. The number of hydrogen-bond acceptors (Lipinski definition) is 8. The second kappa shape index (κ2) is 7.60. The minimum atomic E-state index is -0.634. The fourth-order valence-corrected chi connectivity index (χ4v) is 6.06. The van der Waals surface area contributed by atoms with E-state index >= 15 is 0 Å². The lowest BCUT2D eigenvalue weighted by atomic mass is 9.79. The quantitative estimate of drug-likeness (QED) is 0.479. The van der Waals surface area contributed by atoms with Crippen LogP contribution in [0.15, 0.2) is 24.5 Å². The Hall–Kier alpha value is -3.31. The maximum Gasteiger partial charge on any atom is 0.284 e. The van der Waals surface area contributed by atoms with Gasteiger partial charge in [0.05, 0.1) is 12.8 Å². The van der Waals surface area contributed by atoms with E-state index in [1.54, 1.807) is 19.3 Å². The molecule has 34 heavy (non-hydrogen) atoms. The molecule has 0 saturated carbocycles. The Bertz CT molecular complexity index is 1440. The monoisotopic (exact) mass is 481 g/mol. The summed E-state index contributed by atoms with van der Waals surface area (Å²) in [7, 11) is 3.51. The van der Waals surface area contributed by atoms with Gasteiger partial charge in [-0.15, -0.1) is 0 Å². The van der Waals surface area contributed by atoms with Crippen LogP contribution in [-0.2, 0) is 0 Å². The third kappa shape index (κ3) is 3.38. The van der Waals surface area contributed by atoms with Crippen molar-refractivity contribution in [3.05, 3.63) is 41.0 Å². The van der Waals surface area contributed by atoms with Crippen LogP contribution in [0.25, 0.3) is 16.0 Å². The van der Waals surface area contributed by atoms with Crippen LogP contribution in [0.5, 0.6) is 5.75 Å². The lowest BCUT2D eigenvalue weighted by Crippen LogP contribution is -2.55. The number of likely N-dealkylation sites (tertiary alicyclic amines) is 1. The molecule has 0 aliphatic carbocycles. The van der Waals surface area contributed by atoms with E-state index in [-0.39, 0.29) is 22.1 Å². The number of hydrogen-bond donors (Lipinski definition) is 1. The topological polar surface area (TPSA) is 87.9 Å². The molecule has 9 nitrogen and oxygen atoms in total. The summed E-state index contributed by atoms with van der Waals surface area (Å²) >= 11 is 1.22. The molecule has 0 radical (unpaired) electrons. The van der Waals surface area contributed by atoms with Gasteiger partial charge in [-0.25, -0.2) is 15.0 Å². The number of imidazole rings is 1. The Morgan fingerprint density at radius 1 is 1.21 bits per heavy atom. The molecule has 2 saturated heterocycles. The number of thiazole rings is 1. The zero-order valence-electron chi connectivity index (χ0n) is 19.1. The second-order valence-corrected chi connectivity index (χ2v) is 10.3. The first-order valence-electron chi connectivity index (χ1n) is 11.1. The summed E-state index contributed by atoms with van der Waals surface area (Å²) in [4.78, 5) is 31.8. The number of rotatable bonds is 4. The van der Waals surface area contributed by atoms with E-state index in [0.29, 0.717) is 21.5 Å². The van der Waals surface area contributed by atoms with E-state index in [1.807, 2.05) is 12.1 Å². The van der Waals surface area contributed by atoms with Crippen LogP contribution < -0.4 is 15.0 Å². The molecule has 2 aliphatic rings. The van der Waals surface area contributed by atoms with Crippen LogP contribution in [0.1, 0.15) is 21.9 Å². The van der Waals surface area contributed by atoms with Gasteiger partial charge in [0.2, 0.25) is 5.82 Å². The van der Waals surface area contributed by atoms with Gasteiger partial charge < -0.3 is 24.3 Å². The van der Waals surface area contributed by atoms with Crippen molar-refractivity contribution in [1.82, 2.24) is 24.3 Å². The smallest absolute Gasteiger partial charge is 0.284 e. The largest absolute Gasteiger partial charge is 0.491 e. The van der Waals surface area contributed by atoms with Crippen LogP contribution >= 0.6 is 11.3 Å². The highest BCUT2D eigenvalue weighted by Gasteiger charge is 2.46. The summed E-state index contributed by atoms with van der Waals surface area (Å²) < 4.78 is 21.6. The molecule has 4 aromatic rings. The Morgan fingerprint density at radius 3 is 2.79 bits per heavy atom. The summed E-state index contributed by atoms with van der Waals surface area (Å²) in [6, 6.07) is 3.88. The number of anilines is 2. The number of nitrogens with zero attached hydrogens (tertiary/aromatic N) is 6. The Labute approximate surface area is 199 Å². The van der Waals surface area contributed by atoms with Crippen molar-refractivity contribution in [3.8, 4) is 5.75 Å². The van der Waals surface area contributed by atoms with Gasteiger partial charge >= 0.3 is 0 Å². The summed E-state index contributed by atoms with van der Waals surface area (Å²) in [5.74, 6) is -0.238. The molecule has 6 rings (SSSR count). The van der Waals surface area contributed by atoms with E-state index in [2.05, 4.69) is 32.1 Å². The van der Waals surface area contributed by atoms with Gasteiger partial charge in [0.25, 0.3) is 5.91 Å². The fraction of sp³-hybridized carbons (Fsp3) is 0.391. The maximum absolute atomic E-state index is 14.9. The molecule has 6 heterocycles. The second-order valence-electron chi connectivity index (χ2n) is 9.31. The molecule has 0 aromatic carbocycles. The number of fused-ring (bicyclic) bond motifs is 2. The fourth-order valence-electron chi connectivity index (χ4n) is 5.23. The lowest BCUT2D eigenvalue weighted by Gasteiger charge is -2.46. The number of carbonyl (C=O) groups excluding carboxylic acids is 1. The molecular formula is C23H24FN7O2S. The number of nitrogens with one attached hydrogen (secondary N) is 1. The van der Waals surface area contributed by atoms with E-state index in [4.69, 9.17) is 9.72 Å². The molecular weight excluding hydrogens is 457 g/mol. The third-order valence-corrected chi connectivity index (χ3v) is 7.59. The molecule has 1 spiro atoms. The molecule has 1 amide bonds. The van der Waals surface area contributed by atoms with Gasteiger partial charge in [-0.3, -0.25) is 4.79 Å². The molecule has 11 heteroatoms. The Balaban J connectivity index is 1.26. The number of pyridine rings is 2. The highest BCUT2D eigenvalue weighted by atomic mass is 32.1.